The fraction of sp³-hybridized carbons (Fsp3) is 0.240. The van der Waals surface area contributed by atoms with E-state index in [1.54, 1.807) is 54.6 Å². The van der Waals surface area contributed by atoms with Crippen LogP contribution in [0.2, 0.25) is 0 Å². The van der Waals surface area contributed by atoms with E-state index in [1.807, 2.05) is 12.1 Å². The minimum atomic E-state index is -4.72. The van der Waals surface area contributed by atoms with Gasteiger partial charge >= 0.3 is 16.1 Å². The number of rotatable bonds is 8. The van der Waals surface area contributed by atoms with Crippen LogP contribution < -0.4 is 0 Å². The zero-order chi connectivity index (χ0) is 25.0. The first-order valence-corrected chi connectivity index (χ1v) is 13.7. The van der Waals surface area contributed by atoms with Crippen LogP contribution in [0.25, 0.3) is 11.1 Å². The normalized spacial score (nSPS) is 14.7. The summed E-state index contributed by atoms with van der Waals surface area (Å²) in [5, 5.41) is 0. The third kappa shape index (κ3) is 6.22. The van der Waals surface area contributed by atoms with Gasteiger partial charge in [0.15, 0.2) is 11.7 Å². The number of carbonyl (C=O) groups excluding carboxylic acids is 1. The number of esters is 1. The summed E-state index contributed by atoms with van der Waals surface area (Å²) in [6.45, 7) is 6.41. The number of ether oxygens (including phenoxy) is 1. The Labute approximate surface area is 200 Å². The summed E-state index contributed by atoms with van der Waals surface area (Å²) in [7, 11) is -8.07. The van der Waals surface area contributed by atoms with Crippen LogP contribution in [0.3, 0.4) is 0 Å². The van der Waals surface area contributed by atoms with Gasteiger partial charge in [-0.05, 0) is 61.3 Å². The van der Waals surface area contributed by atoms with E-state index in [4.69, 9.17) is 4.74 Å². The van der Waals surface area contributed by atoms with Gasteiger partial charge in [0, 0.05) is 9.79 Å². The van der Waals surface area contributed by atoms with Crippen molar-refractivity contribution in [3.8, 4) is 11.1 Å². The standard InChI is InChI=1S/C25H26F2O5S2/c1-25(2,3)21-13-9-19(10-14-21)20-11-15-23(16-12-20)33(27,22-7-5-4-6-8-22)18-31-24(28)17-34(29,30)32-26/h4-16H,17-18H2,1-3H3. The molecule has 0 radical (unpaired) electrons. The summed E-state index contributed by atoms with van der Waals surface area (Å²) in [4.78, 5) is 12.5. The first-order chi connectivity index (χ1) is 15.9. The van der Waals surface area contributed by atoms with Gasteiger partial charge in [-0.15, -0.1) is 0 Å². The van der Waals surface area contributed by atoms with Crippen molar-refractivity contribution in [1.29, 1.82) is 0 Å². The Morgan fingerprint density at radius 3 is 1.82 bits per heavy atom. The minimum absolute atomic E-state index is 0.0301. The first-order valence-electron chi connectivity index (χ1n) is 10.4. The van der Waals surface area contributed by atoms with E-state index in [-0.39, 0.29) is 5.41 Å². The smallest absolute Gasteiger partial charge is 0.324 e. The van der Waals surface area contributed by atoms with Gasteiger partial charge in [-0.25, -0.2) is 0 Å². The molecule has 5 nitrogen and oxygen atoms in total. The van der Waals surface area contributed by atoms with Crippen molar-refractivity contribution in [2.45, 2.75) is 36.0 Å². The maximum absolute atomic E-state index is 16.4. The van der Waals surface area contributed by atoms with Crippen molar-refractivity contribution >= 4 is 26.5 Å². The molecule has 0 N–H and O–H groups in total. The number of carbonyl (C=O) groups is 1. The largest absolute Gasteiger partial charge is 0.452 e. The molecule has 0 amide bonds. The van der Waals surface area contributed by atoms with E-state index < -0.39 is 38.2 Å². The Morgan fingerprint density at radius 2 is 1.32 bits per heavy atom. The topological polar surface area (TPSA) is 69.7 Å². The monoisotopic (exact) mass is 508 g/mol. The molecule has 182 valence electrons. The second-order valence-electron chi connectivity index (χ2n) is 8.72. The predicted octanol–water partition coefficient (Wildman–Crippen LogP) is 6.49. The van der Waals surface area contributed by atoms with E-state index in [1.165, 1.54) is 5.56 Å². The maximum Gasteiger partial charge on any atom is 0.324 e. The molecule has 0 fully saturated rings. The van der Waals surface area contributed by atoms with Crippen LogP contribution in [0, 0.1) is 0 Å². The molecule has 0 aliphatic rings. The summed E-state index contributed by atoms with van der Waals surface area (Å²) in [5.74, 6) is -3.37. The summed E-state index contributed by atoms with van der Waals surface area (Å²) < 4.78 is 58.4. The Kier molecular flexibility index (Phi) is 7.80. The Hall–Kier alpha value is -2.75. The van der Waals surface area contributed by atoms with Crippen molar-refractivity contribution in [2.24, 2.45) is 0 Å². The maximum atomic E-state index is 16.4. The van der Waals surface area contributed by atoms with Gasteiger partial charge in [0.25, 0.3) is 0 Å². The molecule has 0 heterocycles. The fourth-order valence-corrected chi connectivity index (χ4v) is 5.70. The first kappa shape index (κ1) is 25.9. The van der Waals surface area contributed by atoms with Crippen molar-refractivity contribution in [2.75, 3.05) is 11.7 Å². The molecular weight excluding hydrogens is 482 g/mol. The van der Waals surface area contributed by atoms with Gasteiger partial charge in [-0.1, -0.05) is 79.8 Å². The number of halogens is 2. The predicted molar refractivity (Wildman–Crippen MR) is 129 cm³/mol. The third-order valence-electron chi connectivity index (χ3n) is 5.20. The molecule has 1 unspecified atom stereocenters. The van der Waals surface area contributed by atoms with E-state index in [0.29, 0.717) is 9.79 Å². The summed E-state index contributed by atoms with van der Waals surface area (Å²) >= 11 is 0. The highest BCUT2D eigenvalue weighted by atomic mass is 32.3. The molecule has 1 atom stereocenters. The zero-order valence-corrected chi connectivity index (χ0v) is 20.7. The van der Waals surface area contributed by atoms with Crippen LogP contribution in [0.5, 0.6) is 0 Å². The molecular formula is C25H26F2O5S2. The number of hydrogen-bond donors (Lipinski definition) is 0. The van der Waals surface area contributed by atoms with Gasteiger partial charge in [0.05, 0.1) is 0 Å². The molecule has 3 aromatic rings. The Morgan fingerprint density at radius 1 is 0.824 bits per heavy atom. The lowest BCUT2D eigenvalue weighted by Crippen LogP contribution is -2.20. The average Bonchev–Trinajstić information content (AvgIpc) is 2.82. The number of benzene rings is 3. The van der Waals surface area contributed by atoms with Crippen molar-refractivity contribution in [1.82, 2.24) is 0 Å². The van der Waals surface area contributed by atoms with Crippen LogP contribution in [0.4, 0.5) is 8.41 Å². The molecule has 0 spiro atoms. The molecule has 9 heteroatoms. The van der Waals surface area contributed by atoms with Crippen LogP contribution in [0.1, 0.15) is 26.3 Å². The summed E-state index contributed by atoms with van der Waals surface area (Å²) in [6, 6.07) is 23.2. The van der Waals surface area contributed by atoms with Gasteiger partial charge in [0.2, 0.25) is 0 Å². The lowest BCUT2D eigenvalue weighted by Gasteiger charge is -2.31. The van der Waals surface area contributed by atoms with Gasteiger partial charge in [0.1, 0.15) is 0 Å². The third-order valence-corrected chi connectivity index (χ3v) is 8.46. The second kappa shape index (κ2) is 10.2. The SMILES string of the molecule is CC(C)(C)c1ccc(-c2ccc(S(F)(COC(=O)CS(=O)(=O)OF)c3ccccc3)cc2)cc1. The highest BCUT2D eigenvalue weighted by Crippen LogP contribution is 2.64. The van der Waals surface area contributed by atoms with Gasteiger partial charge < -0.3 is 4.74 Å². The van der Waals surface area contributed by atoms with Crippen molar-refractivity contribution < 1.29 is 30.7 Å². The average molecular weight is 509 g/mol. The van der Waals surface area contributed by atoms with E-state index in [9.17, 15) is 17.7 Å². The van der Waals surface area contributed by atoms with E-state index in [2.05, 4.69) is 37.3 Å². The molecule has 3 aromatic carbocycles. The van der Waals surface area contributed by atoms with Crippen LogP contribution in [-0.4, -0.2) is 26.1 Å². The molecule has 0 saturated heterocycles. The summed E-state index contributed by atoms with van der Waals surface area (Å²) in [6.07, 6.45) is 0. The minimum Gasteiger partial charge on any atom is -0.452 e. The molecule has 0 bridgehead atoms. The summed E-state index contributed by atoms with van der Waals surface area (Å²) in [5.41, 5.74) is 3.09. The van der Waals surface area contributed by atoms with Crippen molar-refractivity contribution in [3.05, 3.63) is 84.4 Å². The Bertz CT molecular complexity index is 1220. The molecule has 0 aliphatic heterocycles. The highest BCUT2D eigenvalue weighted by Gasteiger charge is 2.31. The Balaban J connectivity index is 1.88. The van der Waals surface area contributed by atoms with E-state index >= 15 is 3.89 Å². The molecule has 0 aliphatic carbocycles. The highest BCUT2D eigenvalue weighted by molar-refractivity contribution is 8.29. The molecule has 0 saturated carbocycles. The lowest BCUT2D eigenvalue weighted by atomic mass is 9.86. The van der Waals surface area contributed by atoms with Gasteiger partial charge in [-0.2, -0.15) is 12.3 Å². The van der Waals surface area contributed by atoms with Crippen molar-refractivity contribution in [3.63, 3.8) is 0 Å². The number of hydrogen-bond acceptors (Lipinski definition) is 5. The van der Waals surface area contributed by atoms with Crippen LogP contribution in [0.15, 0.2) is 88.7 Å². The fourth-order valence-electron chi connectivity index (χ4n) is 3.29. The molecule has 3 rings (SSSR count). The quantitative estimate of drug-likeness (QED) is 0.325. The zero-order valence-electron chi connectivity index (χ0n) is 19.0. The molecule has 0 aromatic heterocycles. The van der Waals surface area contributed by atoms with Crippen LogP contribution in [-0.2, 0) is 29.5 Å². The molecule has 34 heavy (non-hydrogen) atoms. The lowest BCUT2D eigenvalue weighted by molar-refractivity contribution is -0.138. The van der Waals surface area contributed by atoms with Crippen LogP contribution >= 0.6 is 10.4 Å². The van der Waals surface area contributed by atoms with E-state index in [0.717, 1.165) is 11.1 Å². The van der Waals surface area contributed by atoms with Gasteiger partial charge in [-0.3, -0.25) is 4.79 Å². The second-order valence-corrected chi connectivity index (χ2v) is 12.7.